The quantitative estimate of drug-likeness (QED) is 0.779. The molecule has 1 aliphatic carbocycles. The summed E-state index contributed by atoms with van der Waals surface area (Å²) in [4.78, 5) is 13.6. The van der Waals surface area contributed by atoms with E-state index in [0.717, 1.165) is 38.8 Å². The average molecular weight is 329 g/mol. The third-order valence-electron chi connectivity index (χ3n) is 4.12. The molecule has 0 aromatic heterocycles. The van der Waals surface area contributed by atoms with Crippen LogP contribution in [-0.2, 0) is 4.79 Å². The molecule has 1 aliphatic heterocycles. The lowest BCUT2D eigenvalue weighted by atomic mass is 10.0. The lowest BCUT2D eigenvalue weighted by Gasteiger charge is -2.24. The summed E-state index contributed by atoms with van der Waals surface area (Å²) in [5.41, 5.74) is 0. The summed E-state index contributed by atoms with van der Waals surface area (Å²) in [6.45, 7) is 2.25. The van der Waals surface area contributed by atoms with Crippen LogP contribution in [0.4, 0.5) is 13.2 Å². The summed E-state index contributed by atoms with van der Waals surface area (Å²) in [5, 5.41) is 3.24. The molecule has 1 atom stereocenters. The van der Waals surface area contributed by atoms with Crippen molar-refractivity contribution in [1.29, 1.82) is 0 Å². The van der Waals surface area contributed by atoms with Gasteiger partial charge in [0, 0.05) is 19.5 Å². The molecule has 0 aromatic carbocycles. The first-order chi connectivity index (χ1) is 9.44. The standard InChI is InChI=1S/C14H23F3N2O.ClH/c15-14(16,17)6-8-19(10-12-1-2-12)13(20)4-3-11-5-7-18-9-11;/h11-12,18H,1-10H2;1H. The smallest absolute Gasteiger partial charge is 0.342 e. The van der Waals surface area contributed by atoms with E-state index in [1.54, 1.807) is 0 Å². The Labute approximate surface area is 130 Å². The first-order valence-corrected chi connectivity index (χ1v) is 7.49. The van der Waals surface area contributed by atoms with Crippen LogP contribution in [0, 0.1) is 11.8 Å². The van der Waals surface area contributed by atoms with Crippen molar-refractivity contribution in [3.05, 3.63) is 0 Å². The van der Waals surface area contributed by atoms with Gasteiger partial charge in [-0.15, -0.1) is 12.4 Å². The van der Waals surface area contributed by atoms with Gasteiger partial charge in [0.15, 0.2) is 0 Å². The molecule has 1 saturated carbocycles. The molecule has 0 spiro atoms. The van der Waals surface area contributed by atoms with Crippen molar-refractivity contribution in [1.82, 2.24) is 10.2 Å². The van der Waals surface area contributed by atoms with Gasteiger partial charge in [0.1, 0.15) is 0 Å². The van der Waals surface area contributed by atoms with Crippen LogP contribution >= 0.6 is 12.4 Å². The molecule has 2 rings (SSSR count). The zero-order valence-corrected chi connectivity index (χ0v) is 12.9. The summed E-state index contributed by atoms with van der Waals surface area (Å²) < 4.78 is 37.0. The van der Waals surface area contributed by atoms with Crippen molar-refractivity contribution in [2.45, 2.75) is 44.7 Å². The summed E-state index contributed by atoms with van der Waals surface area (Å²) in [6, 6.07) is 0. The van der Waals surface area contributed by atoms with Crippen LogP contribution in [-0.4, -0.2) is 43.2 Å². The Kier molecular flexibility index (Phi) is 7.27. The number of hydrogen-bond donors (Lipinski definition) is 1. The molecule has 1 unspecified atom stereocenters. The van der Waals surface area contributed by atoms with Crippen LogP contribution in [0.3, 0.4) is 0 Å². The van der Waals surface area contributed by atoms with Gasteiger partial charge in [-0.05, 0) is 50.6 Å². The molecule has 21 heavy (non-hydrogen) atoms. The van der Waals surface area contributed by atoms with E-state index < -0.39 is 12.6 Å². The van der Waals surface area contributed by atoms with Gasteiger partial charge in [-0.2, -0.15) is 13.2 Å². The van der Waals surface area contributed by atoms with Gasteiger partial charge < -0.3 is 10.2 Å². The Morgan fingerprint density at radius 3 is 2.43 bits per heavy atom. The second-order valence-corrected chi connectivity index (χ2v) is 6.05. The summed E-state index contributed by atoms with van der Waals surface area (Å²) in [7, 11) is 0. The molecular weight excluding hydrogens is 305 g/mol. The molecule has 1 saturated heterocycles. The summed E-state index contributed by atoms with van der Waals surface area (Å²) in [5.74, 6) is 0.831. The van der Waals surface area contributed by atoms with Gasteiger partial charge in [-0.25, -0.2) is 0 Å². The monoisotopic (exact) mass is 328 g/mol. The lowest BCUT2D eigenvalue weighted by Crippen LogP contribution is -2.36. The molecule has 7 heteroatoms. The number of halogens is 4. The zero-order valence-electron chi connectivity index (χ0n) is 12.1. The minimum atomic E-state index is -4.18. The lowest BCUT2D eigenvalue weighted by molar-refractivity contribution is -0.145. The van der Waals surface area contributed by atoms with E-state index in [-0.39, 0.29) is 24.9 Å². The molecule has 1 N–H and O–H groups in total. The molecule has 0 bridgehead atoms. The molecule has 3 nitrogen and oxygen atoms in total. The van der Waals surface area contributed by atoms with Crippen molar-refractivity contribution in [2.75, 3.05) is 26.2 Å². The molecule has 0 radical (unpaired) electrons. The third kappa shape index (κ3) is 7.36. The van der Waals surface area contributed by atoms with Crippen LogP contribution < -0.4 is 5.32 Å². The van der Waals surface area contributed by atoms with Crippen LogP contribution in [0.5, 0.6) is 0 Å². The van der Waals surface area contributed by atoms with E-state index in [4.69, 9.17) is 0 Å². The third-order valence-corrected chi connectivity index (χ3v) is 4.12. The highest BCUT2D eigenvalue weighted by molar-refractivity contribution is 5.85. The average Bonchev–Trinajstić information content (AvgIpc) is 3.03. The van der Waals surface area contributed by atoms with E-state index in [1.165, 1.54) is 4.90 Å². The number of carbonyl (C=O) groups is 1. The van der Waals surface area contributed by atoms with Crippen molar-refractivity contribution < 1.29 is 18.0 Å². The minimum Gasteiger partial charge on any atom is -0.342 e. The van der Waals surface area contributed by atoms with E-state index in [9.17, 15) is 18.0 Å². The van der Waals surface area contributed by atoms with Gasteiger partial charge in [0.05, 0.1) is 6.42 Å². The Morgan fingerprint density at radius 2 is 1.90 bits per heavy atom. The fourth-order valence-corrected chi connectivity index (χ4v) is 2.64. The number of nitrogens with one attached hydrogen (secondary N) is 1. The van der Waals surface area contributed by atoms with Crippen LogP contribution in [0.15, 0.2) is 0 Å². The highest BCUT2D eigenvalue weighted by Gasteiger charge is 2.32. The van der Waals surface area contributed by atoms with Gasteiger partial charge in [-0.3, -0.25) is 4.79 Å². The highest BCUT2D eigenvalue weighted by Crippen LogP contribution is 2.31. The minimum absolute atomic E-state index is 0. The van der Waals surface area contributed by atoms with Gasteiger partial charge in [0.2, 0.25) is 5.91 Å². The zero-order chi connectivity index (χ0) is 14.6. The van der Waals surface area contributed by atoms with Crippen molar-refractivity contribution in [3.8, 4) is 0 Å². The van der Waals surface area contributed by atoms with Gasteiger partial charge in [-0.1, -0.05) is 0 Å². The van der Waals surface area contributed by atoms with E-state index in [1.807, 2.05) is 0 Å². The number of amides is 1. The molecule has 1 amide bonds. The first kappa shape index (κ1) is 18.6. The van der Waals surface area contributed by atoms with Crippen molar-refractivity contribution in [2.24, 2.45) is 11.8 Å². The fraction of sp³-hybridized carbons (Fsp3) is 0.929. The SMILES string of the molecule is Cl.O=C(CCC1CCNC1)N(CCC(F)(F)F)CC1CC1. The second kappa shape index (κ2) is 8.22. The van der Waals surface area contributed by atoms with Crippen LogP contribution in [0.2, 0.25) is 0 Å². The molecule has 1 heterocycles. The number of hydrogen-bond acceptors (Lipinski definition) is 2. The number of rotatable bonds is 7. The highest BCUT2D eigenvalue weighted by atomic mass is 35.5. The Bertz CT molecular complexity index is 329. The van der Waals surface area contributed by atoms with E-state index >= 15 is 0 Å². The van der Waals surface area contributed by atoms with Gasteiger partial charge in [0.25, 0.3) is 0 Å². The Hall–Kier alpha value is -0.490. The molecular formula is C14H24ClF3N2O. The summed E-state index contributed by atoms with van der Waals surface area (Å²) in [6.07, 6.45) is -0.743. The largest absolute Gasteiger partial charge is 0.390 e. The topological polar surface area (TPSA) is 32.3 Å². The maximum Gasteiger partial charge on any atom is 0.390 e. The van der Waals surface area contributed by atoms with Crippen molar-refractivity contribution in [3.63, 3.8) is 0 Å². The second-order valence-electron chi connectivity index (χ2n) is 6.05. The van der Waals surface area contributed by atoms with Crippen LogP contribution in [0.25, 0.3) is 0 Å². The van der Waals surface area contributed by atoms with E-state index in [2.05, 4.69) is 5.32 Å². The predicted molar refractivity (Wildman–Crippen MR) is 77.4 cm³/mol. The number of nitrogens with zero attached hydrogens (tertiary/aromatic N) is 1. The molecule has 124 valence electrons. The van der Waals surface area contributed by atoms with Gasteiger partial charge >= 0.3 is 6.18 Å². The first-order valence-electron chi connectivity index (χ1n) is 7.49. The maximum absolute atomic E-state index is 12.3. The summed E-state index contributed by atoms with van der Waals surface area (Å²) >= 11 is 0. The Balaban J connectivity index is 0.00000220. The fourth-order valence-electron chi connectivity index (χ4n) is 2.64. The predicted octanol–water partition coefficient (Wildman–Crippen LogP) is 2.99. The normalized spacial score (nSPS) is 22.0. The Morgan fingerprint density at radius 1 is 1.19 bits per heavy atom. The molecule has 2 fully saturated rings. The number of carbonyl (C=O) groups excluding carboxylic acids is 1. The van der Waals surface area contributed by atoms with E-state index in [0.29, 0.717) is 24.8 Å². The van der Waals surface area contributed by atoms with Crippen molar-refractivity contribution >= 4 is 18.3 Å². The number of alkyl halides is 3. The molecule has 2 aliphatic rings. The molecule has 0 aromatic rings. The van der Waals surface area contributed by atoms with Crippen LogP contribution in [0.1, 0.15) is 38.5 Å². The maximum atomic E-state index is 12.3.